The van der Waals surface area contributed by atoms with Crippen molar-refractivity contribution < 1.29 is 28.6 Å². The van der Waals surface area contributed by atoms with E-state index in [9.17, 15) is 14.4 Å². The highest BCUT2D eigenvalue weighted by Gasteiger charge is 2.19. The van der Waals surface area contributed by atoms with Crippen LogP contribution in [-0.2, 0) is 28.6 Å². The molecule has 0 saturated heterocycles. The molecule has 0 aromatic rings. The van der Waals surface area contributed by atoms with Gasteiger partial charge in [-0.15, -0.1) is 0 Å². The van der Waals surface area contributed by atoms with Gasteiger partial charge >= 0.3 is 17.9 Å². The lowest BCUT2D eigenvalue weighted by atomic mass is 10.1. The van der Waals surface area contributed by atoms with Crippen LogP contribution in [0.4, 0.5) is 0 Å². The highest BCUT2D eigenvalue weighted by atomic mass is 16.6. The van der Waals surface area contributed by atoms with Gasteiger partial charge in [-0.05, 0) is 116 Å². The number of hydrogen-bond acceptors (Lipinski definition) is 6. The second-order valence-electron chi connectivity index (χ2n) is 17.0. The van der Waals surface area contributed by atoms with E-state index in [1.807, 2.05) is 0 Å². The number of carbonyl (C=O) groups is 3. The molecule has 63 heavy (non-hydrogen) atoms. The van der Waals surface area contributed by atoms with Gasteiger partial charge in [-0.25, -0.2) is 0 Å². The Morgan fingerprint density at radius 1 is 0.333 bits per heavy atom. The normalized spacial score (nSPS) is 12.3. The molecule has 0 aliphatic rings. The summed E-state index contributed by atoms with van der Waals surface area (Å²) in [5.41, 5.74) is 0. The van der Waals surface area contributed by atoms with Crippen LogP contribution in [0.2, 0.25) is 0 Å². The van der Waals surface area contributed by atoms with Crippen molar-refractivity contribution in [1.29, 1.82) is 0 Å². The number of carbonyl (C=O) groups excluding carboxylic acids is 3. The Hall–Kier alpha value is -3.41. The van der Waals surface area contributed by atoms with E-state index in [0.717, 1.165) is 109 Å². The molecule has 0 saturated carbocycles. The second kappa shape index (κ2) is 51.2. The van der Waals surface area contributed by atoms with Crippen LogP contribution >= 0.6 is 0 Å². The number of ether oxygens (including phenoxy) is 3. The molecule has 0 unspecified atom stereocenters. The van der Waals surface area contributed by atoms with Crippen LogP contribution in [0.15, 0.2) is 85.1 Å². The van der Waals surface area contributed by atoms with Crippen LogP contribution in [0.25, 0.3) is 0 Å². The smallest absolute Gasteiger partial charge is 0.306 e. The van der Waals surface area contributed by atoms with Crippen molar-refractivity contribution in [2.45, 2.75) is 245 Å². The molecule has 6 heteroatoms. The molecule has 0 bridgehead atoms. The number of rotatable bonds is 46. The van der Waals surface area contributed by atoms with E-state index >= 15 is 0 Å². The number of hydrogen-bond donors (Lipinski definition) is 0. The molecular formula is C57H96O6. The molecule has 0 fully saturated rings. The van der Waals surface area contributed by atoms with Crippen molar-refractivity contribution in [3.63, 3.8) is 0 Å². The zero-order chi connectivity index (χ0) is 45.8. The molecule has 0 radical (unpaired) electrons. The van der Waals surface area contributed by atoms with E-state index in [4.69, 9.17) is 14.2 Å². The van der Waals surface area contributed by atoms with Gasteiger partial charge in [0, 0.05) is 19.3 Å². The predicted molar refractivity (Wildman–Crippen MR) is 270 cm³/mol. The van der Waals surface area contributed by atoms with E-state index < -0.39 is 6.10 Å². The van der Waals surface area contributed by atoms with Gasteiger partial charge in [-0.3, -0.25) is 14.4 Å². The summed E-state index contributed by atoms with van der Waals surface area (Å²) in [6, 6.07) is 0. The highest BCUT2D eigenvalue weighted by Crippen LogP contribution is 2.13. The summed E-state index contributed by atoms with van der Waals surface area (Å²) in [5, 5.41) is 0. The van der Waals surface area contributed by atoms with Gasteiger partial charge < -0.3 is 14.2 Å². The van der Waals surface area contributed by atoms with E-state index in [0.29, 0.717) is 12.8 Å². The average Bonchev–Trinajstić information content (AvgIpc) is 3.28. The zero-order valence-corrected chi connectivity index (χ0v) is 41.1. The van der Waals surface area contributed by atoms with E-state index in [-0.39, 0.29) is 37.5 Å². The van der Waals surface area contributed by atoms with Gasteiger partial charge in [-0.2, -0.15) is 0 Å². The van der Waals surface area contributed by atoms with Crippen LogP contribution in [0.1, 0.15) is 239 Å². The molecule has 6 nitrogen and oxygen atoms in total. The molecule has 0 N–H and O–H groups in total. The summed E-state index contributed by atoms with van der Waals surface area (Å²) in [6.45, 7) is 6.45. The van der Waals surface area contributed by atoms with E-state index in [1.165, 1.54) is 89.9 Å². The average molecular weight is 877 g/mol. The molecule has 0 rings (SSSR count). The SMILES string of the molecule is CC/C=C\C/C=C\C/C=C\C/C=C\C/C=C\CCCCCC(=O)OC(COC(=O)CCCCCCC/C=C\CCCCCC)COC(=O)CCCCCCC/C=C\CCCCCC. The Kier molecular flexibility index (Phi) is 48.5. The van der Waals surface area contributed by atoms with Crippen molar-refractivity contribution in [2.75, 3.05) is 13.2 Å². The standard InChI is InChI=1S/C57H96O6/c1-4-7-10-13-16-19-22-25-26-27-28-29-30-33-36-39-42-45-48-51-57(60)63-54(52-61-55(58)49-46-43-40-37-34-31-23-20-17-14-11-8-5-2)53-62-56(59)50-47-44-41-38-35-32-24-21-18-15-12-9-6-3/h7,10,16,19-21,23-26,28-29,33,36,54H,4-6,8-9,11-15,17-18,22,27,30-32,34-35,37-53H2,1-3H3/b10-7-,19-16-,23-20-,24-21-,26-25-,29-28-,36-33-. The molecule has 0 aliphatic carbocycles. The Balaban J connectivity index is 4.48. The Labute approximate surface area is 388 Å². The summed E-state index contributed by atoms with van der Waals surface area (Å²) in [6.07, 6.45) is 65.6. The monoisotopic (exact) mass is 877 g/mol. The fourth-order valence-electron chi connectivity index (χ4n) is 6.93. The third-order valence-corrected chi connectivity index (χ3v) is 10.9. The van der Waals surface area contributed by atoms with Crippen molar-refractivity contribution in [3.05, 3.63) is 85.1 Å². The predicted octanol–water partition coefficient (Wildman–Crippen LogP) is 17.2. The summed E-state index contributed by atoms with van der Waals surface area (Å²) < 4.78 is 16.8. The maximum atomic E-state index is 12.8. The molecule has 0 aromatic heterocycles. The molecule has 0 aromatic carbocycles. The fourth-order valence-corrected chi connectivity index (χ4v) is 6.93. The lowest BCUT2D eigenvalue weighted by Gasteiger charge is -2.18. The number of allylic oxidation sites excluding steroid dienone is 14. The largest absolute Gasteiger partial charge is 0.462 e. The first-order valence-electron chi connectivity index (χ1n) is 26.1. The highest BCUT2D eigenvalue weighted by molar-refractivity contribution is 5.71. The van der Waals surface area contributed by atoms with E-state index in [1.54, 1.807) is 0 Å². The van der Waals surface area contributed by atoms with Crippen LogP contribution < -0.4 is 0 Å². The van der Waals surface area contributed by atoms with Crippen molar-refractivity contribution in [3.8, 4) is 0 Å². The topological polar surface area (TPSA) is 78.9 Å². The number of esters is 3. The van der Waals surface area contributed by atoms with Crippen molar-refractivity contribution in [2.24, 2.45) is 0 Å². The molecular weight excluding hydrogens is 781 g/mol. The van der Waals surface area contributed by atoms with Gasteiger partial charge in [-0.1, -0.05) is 189 Å². The summed E-state index contributed by atoms with van der Waals surface area (Å²) in [5.74, 6) is -0.948. The van der Waals surface area contributed by atoms with Gasteiger partial charge in [0.1, 0.15) is 13.2 Å². The molecule has 0 spiro atoms. The molecule has 0 heterocycles. The maximum absolute atomic E-state index is 12.8. The van der Waals surface area contributed by atoms with Gasteiger partial charge in [0.15, 0.2) is 6.10 Å². The Bertz CT molecular complexity index is 1180. The Morgan fingerprint density at radius 2 is 0.619 bits per heavy atom. The van der Waals surface area contributed by atoms with E-state index in [2.05, 4.69) is 106 Å². The summed E-state index contributed by atoms with van der Waals surface area (Å²) in [4.78, 5) is 38.0. The van der Waals surface area contributed by atoms with Gasteiger partial charge in [0.25, 0.3) is 0 Å². The number of unbranched alkanes of at least 4 members (excludes halogenated alkanes) is 21. The first-order chi connectivity index (χ1) is 31.0. The minimum Gasteiger partial charge on any atom is -0.462 e. The maximum Gasteiger partial charge on any atom is 0.306 e. The molecule has 0 amide bonds. The minimum absolute atomic E-state index is 0.0973. The molecule has 360 valence electrons. The first-order valence-corrected chi connectivity index (χ1v) is 26.1. The van der Waals surface area contributed by atoms with Crippen LogP contribution in [0, 0.1) is 0 Å². The lowest BCUT2D eigenvalue weighted by molar-refractivity contribution is -0.167. The van der Waals surface area contributed by atoms with Crippen LogP contribution in [0.5, 0.6) is 0 Å². The third-order valence-electron chi connectivity index (χ3n) is 10.9. The summed E-state index contributed by atoms with van der Waals surface area (Å²) >= 11 is 0. The second-order valence-corrected chi connectivity index (χ2v) is 17.0. The Morgan fingerprint density at radius 3 is 1.00 bits per heavy atom. The third kappa shape index (κ3) is 49.5. The first kappa shape index (κ1) is 59.6. The zero-order valence-electron chi connectivity index (χ0n) is 41.1. The van der Waals surface area contributed by atoms with Gasteiger partial charge in [0.2, 0.25) is 0 Å². The fraction of sp³-hybridized carbons (Fsp3) is 0.702. The van der Waals surface area contributed by atoms with Crippen LogP contribution in [0.3, 0.4) is 0 Å². The van der Waals surface area contributed by atoms with Crippen molar-refractivity contribution >= 4 is 17.9 Å². The minimum atomic E-state index is -0.800. The lowest BCUT2D eigenvalue weighted by Crippen LogP contribution is -2.30. The molecule has 0 aliphatic heterocycles. The van der Waals surface area contributed by atoms with Gasteiger partial charge in [0.05, 0.1) is 0 Å². The van der Waals surface area contributed by atoms with Crippen LogP contribution in [-0.4, -0.2) is 37.2 Å². The van der Waals surface area contributed by atoms with Crippen molar-refractivity contribution in [1.82, 2.24) is 0 Å². The molecule has 0 atom stereocenters. The quantitative estimate of drug-likeness (QED) is 0.0262. The summed E-state index contributed by atoms with van der Waals surface area (Å²) in [7, 11) is 0.